The van der Waals surface area contributed by atoms with E-state index in [-0.39, 0.29) is 6.61 Å². The van der Waals surface area contributed by atoms with Crippen LogP contribution in [0.5, 0.6) is 5.88 Å². The Bertz CT molecular complexity index is 871. The predicted molar refractivity (Wildman–Crippen MR) is 112 cm³/mol. The number of piperidine rings is 1. The molecule has 1 atom stereocenters. The smallest absolute Gasteiger partial charge is 0.217 e. The lowest BCUT2D eigenvalue weighted by molar-refractivity contribution is 0.0975. The lowest BCUT2D eigenvalue weighted by Gasteiger charge is -2.39. The largest absolute Gasteiger partial charge is 0.481 e. The van der Waals surface area contributed by atoms with Crippen molar-refractivity contribution in [2.45, 2.75) is 55.7 Å². The van der Waals surface area contributed by atoms with Gasteiger partial charge in [0.15, 0.2) is 5.82 Å². The second-order valence-corrected chi connectivity index (χ2v) is 9.06. The Hall–Kier alpha value is -1.90. The number of aliphatic hydroxyl groups excluding tert-OH is 1. The molecule has 0 aliphatic carbocycles. The normalized spacial score (nSPS) is 21.0. The van der Waals surface area contributed by atoms with Crippen molar-refractivity contribution in [2.24, 2.45) is 5.41 Å². The van der Waals surface area contributed by atoms with Gasteiger partial charge in [0.05, 0.1) is 32.6 Å². The Morgan fingerprint density at radius 2 is 2.14 bits per heavy atom. The van der Waals surface area contributed by atoms with Crippen LogP contribution in [0.1, 0.15) is 37.4 Å². The Morgan fingerprint density at radius 3 is 2.79 bits per heavy atom. The van der Waals surface area contributed by atoms with E-state index >= 15 is 0 Å². The third kappa shape index (κ3) is 4.20. The minimum absolute atomic E-state index is 0.128. The summed E-state index contributed by atoms with van der Waals surface area (Å²) in [6.07, 6.45) is 7.20. The van der Waals surface area contributed by atoms with Crippen molar-refractivity contribution in [3.8, 4) is 5.88 Å². The van der Waals surface area contributed by atoms with Gasteiger partial charge in [-0.1, -0.05) is 11.8 Å². The summed E-state index contributed by atoms with van der Waals surface area (Å²) >= 11 is 1.50. The highest BCUT2D eigenvalue weighted by atomic mass is 32.2. The van der Waals surface area contributed by atoms with E-state index in [9.17, 15) is 5.11 Å². The summed E-state index contributed by atoms with van der Waals surface area (Å²) in [5.41, 5.74) is 1.91. The first-order valence-electron chi connectivity index (χ1n) is 10.0. The fraction of sp³-hybridized carbons (Fsp3) is 0.571. The highest BCUT2D eigenvalue weighted by Crippen LogP contribution is 2.42. The molecule has 0 saturated carbocycles. The summed E-state index contributed by atoms with van der Waals surface area (Å²) in [4.78, 5) is 16.8. The first kappa shape index (κ1) is 20.4. The Kier molecular flexibility index (Phi) is 5.94. The van der Waals surface area contributed by atoms with Crippen LogP contribution in [0.25, 0.3) is 0 Å². The molecule has 8 heteroatoms. The summed E-state index contributed by atoms with van der Waals surface area (Å²) in [5.74, 6) is 1.40. The van der Waals surface area contributed by atoms with Gasteiger partial charge in [-0.2, -0.15) is 0 Å². The molecule has 1 N–H and O–H groups in total. The van der Waals surface area contributed by atoms with Gasteiger partial charge in [-0.25, -0.2) is 15.0 Å². The molecule has 29 heavy (non-hydrogen) atoms. The van der Waals surface area contributed by atoms with E-state index in [1.54, 1.807) is 19.5 Å². The van der Waals surface area contributed by atoms with Crippen molar-refractivity contribution in [2.75, 3.05) is 31.7 Å². The maximum Gasteiger partial charge on any atom is 0.217 e. The molecule has 0 bridgehead atoms. The molecule has 2 aliphatic rings. The maximum absolute atomic E-state index is 9.93. The zero-order valence-electron chi connectivity index (χ0n) is 17.2. The molecule has 1 spiro atoms. The molecule has 4 heterocycles. The molecule has 4 rings (SSSR count). The summed E-state index contributed by atoms with van der Waals surface area (Å²) < 4.78 is 11.1. The van der Waals surface area contributed by atoms with Crippen LogP contribution >= 0.6 is 11.8 Å². The van der Waals surface area contributed by atoms with Gasteiger partial charge in [0.2, 0.25) is 5.88 Å². The molecule has 156 valence electrons. The van der Waals surface area contributed by atoms with E-state index in [0.717, 1.165) is 60.3 Å². The number of hydrogen-bond acceptors (Lipinski definition) is 8. The van der Waals surface area contributed by atoms with Crippen LogP contribution in [-0.4, -0.2) is 53.0 Å². The van der Waals surface area contributed by atoms with Gasteiger partial charge in [0.1, 0.15) is 10.7 Å². The number of aliphatic hydroxyl groups is 1. The SMILES string of the molecule is COc1nccc(Sc2cnc(N3CCC4(CC3)CO[C@@H](C)C4)c(CO)n2)c1C. The number of anilines is 1. The van der Waals surface area contributed by atoms with Crippen LogP contribution in [0.15, 0.2) is 28.4 Å². The molecule has 2 aromatic heterocycles. The molecule has 2 aliphatic heterocycles. The van der Waals surface area contributed by atoms with Crippen molar-refractivity contribution >= 4 is 17.6 Å². The molecular formula is C21H28N4O3S. The lowest BCUT2D eigenvalue weighted by atomic mass is 9.77. The van der Waals surface area contributed by atoms with E-state index in [0.29, 0.717) is 23.1 Å². The van der Waals surface area contributed by atoms with Crippen LogP contribution < -0.4 is 9.64 Å². The fourth-order valence-electron chi connectivity index (χ4n) is 4.34. The van der Waals surface area contributed by atoms with Gasteiger partial charge < -0.3 is 19.5 Å². The van der Waals surface area contributed by atoms with Gasteiger partial charge in [-0.15, -0.1) is 0 Å². The summed E-state index contributed by atoms with van der Waals surface area (Å²) in [5, 5.41) is 10.7. The zero-order valence-corrected chi connectivity index (χ0v) is 18.0. The average molecular weight is 417 g/mol. The van der Waals surface area contributed by atoms with Crippen LogP contribution in [0.2, 0.25) is 0 Å². The van der Waals surface area contributed by atoms with Crippen molar-refractivity contribution < 1.29 is 14.6 Å². The molecule has 0 unspecified atom stereocenters. The van der Waals surface area contributed by atoms with Crippen LogP contribution in [0.3, 0.4) is 0 Å². The first-order valence-corrected chi connectivity index (χ1v) is 10.9. The molecule has 7 nitrogen and oxygen atoms in total. The van der Waals surface area contributed by atoms with Gasteiger partial charge in [0.25, 0.3) is 0 Å². The highest BCUT2D eigenvalue weighted by molar-refractivity contribution is 7.99. The molecule has 0 aromatic carbocycles. The standard InChI is InChI=1S/C21H28N4O3S/c1-14-10-21(13-28-14)5-8-25(9-6-21)19-16(12-26)24-18(11-23-19)29-17-4-7-22-20(27-3)15(17)2/h4,7,11,14,26H,5-6,8-10,12-13H2,1-3H3/t14-/m0/s1. The zero-order chi connectivity index (χ0) is 20.4. The summed E-state index contributed by atoms with van der Waals surface area (Å²) in [6, 6.07) is 1.94. The van der Waals surface area contributed by atoms with E-state index in [1.807, 2.05) is 13.0 Å². The molecular weight excluding hydrogens is 388 g/mol. The summed E-state index contributed by atoms with van der Waals surface area (Å²) in [6.45, 7) is 6.71. The molecule has 0 amide bonds. The third-order valence-electron chi connectivity index (χ3n) is 5.98. The minimum atomic E-state index is -0.128. The number of methoxy groups -OCH3 is 1. The van der Waals surface area contributed by atoms with Crippen molar-refractivity contribution in [3.63, 3.8) is 0 Å². The Balaban J connectivity index is 1.49. The molecule has 2 fully saturated rings. The first-order chi connectivity index (χ1) is 14.0. The molecule has 2 aromatic rings. The molecule has 0 radical (unpaired) electrons. The van der Waals surface area contributed by atoms with Crippen LogP contribution in [-0.2, 0) is 11.3 Å². The van der Waals surface area contributed by atoms with E-state index in [1.165, 1.54) is 11.8 Å². The minimum Gasteiger partial charge on any atom is -0.481 e. The topological polar surface area (TPSA) is 80.6 Å². The van der Waals surface area contributed by atoms with Crippen molar-refractivity contribution in [1.82, 2.24) is 15.0 Å². The highest BCUT2D eigenvalue weighted by Gasteiger charge is 2.41. The maximum atomic E-state index is 9.93. The van der Waals surface area contributed by atoms with Gasteiger partial charge in [-0.05, 0) is 44.6 Å². The second-order valence-electron chi connectivity index (χ2n) is 7.99. The van der Waals surface area contributed by atoms with Gasteiger partial charge in [-0.3, -0.25) is 0 Å². The van der Waals surface area contributed by atoms with Crippen molar-refractivity contribution in [1.29, 1.82) is 0 Å². The lowest BCUT2D eigenvalue weighted by Crippen LogP contribution is -2.41. The number of hydrogen-bond donors (Lipinski definition) is 1. The van der Waals surface area contributed by atoms with Crippen LogP contribution in [0.4, 0.5) is 5.82 Å². The monoisotopic (exact) mass is 416 g/mol. The van der Waals surface area contributed by atoms with Gasteiger partial charge >= 0.3 is 0 Å². The van der Waals surface area contributed by atoms with Crippen molar-refractivity contribution in [3.05, 3.63) is 29.7 Å². The van der Waals surface area contributed by atoms with Gasteiger partial charge in [0, 0.05) is 29.7 Å². The Morgan fingerprint density at radius 1 is 1.34 bits per heavy atom. The number of rotatable bonds is 5. The predicted octanol–water partition coefficient (Wildman–Crippen LogP) is 3.23. The Labute approximate surface area is 175 Å². The second kappa shape index (κ2) is 8.45. The molecule has 2 saturated heterocycles. The van der Waals surface area contributed by atoms with E-state index < -0.39 is 0 Å². The quantitative estimate of drug-likeness (QED) is 0.796. The average Bonchev–Trinajstić information content (AvgIpc) is 3.10. The number of pyridine rings is 1. The van der Waals surface area contributed by atoms with Crippen LogP contribution in [0, 0.1) is 12.3 Å². The third-order valence-corrected chi connectivity index (χ3v) is 7.05. The number of aromatic nitrogens is 3. The number of ether oxygens (including phenoxy) is 2. The van der Waals surface area contributed by atoms with E-state index in [4.69, 9.17) is 9.47 Å². The summed E-state index contributed by atoms with van der Waals surface area (Å²) in [7, 11) is 1.61. The fourth-order valence-corrected chi connectivity index (χ4v) is 5.19. The number of nitrogens with zero attached hydrogens (tertiary/aromatic N) is 4. The van der Waals surface area contributed by atoms with E-state index in [2.05, 4.69) is 26.8 Å².